The van der Waals surface area contributed by atoms with Gasteiger partial charge in [0.2, 0.25) is 0 Å². The molecule has 0 bridgehead atoms. The van der Waals surface area contributed by atoms with Crippen molar-refractivity contribution in [2.75, 3.05) is 0 Å². The van der Waals surface area contributed by atoms with Crippen molar-refractivity contribution in [1.82, 2.24) is 9.97 Å². The molecule has 0 saturated heterocycles. The van der Waals surface area contributed by atoms with Gasteiger partial charge in [-0.15, -0.1) is 11.3 Å². The van der Waals surface area contributed by atoms with Crippen LogP contribution in [-0.4, -0.2) is 15.8 Å². The van der Waals surface area contributed by atoms with Gasteiger partial charge in [0, 0.05) is 56.3 Å². The number of carbonyl (C=O) groups is 1. The molecule has 0 aliphatic rings. The number of nitrogens with one attached hydrogen (secondary N) is 1. The summed E-state index contributed by atoms with van der Waals surface area (Å²) in [4.78, 5) is 16.8. The molecule has 2 aromatic heterocycles. The monoisotopic (exact) mass is 302 g/mol. The molecular weight excluding hydrogens is 286 g/mol. The molecule has 0 unspecified atom stereocenters. The van der Waals surface area contributed by atoms with Crippen molar-refractivity contribution in [2.45, 2.75) is 26.7 Å². The summed E-state index contributed by atoms with van der Waals surface area (Å²) in [6.45, 7) is 3.76. The van der Waals surface area contributed by atoms with Gasteiger partial charge in [-0.3, -0.25) is 9.78 Å². The first-order valence-electron chi connectivity index (χ1n) is 5.22. The molecule has 0 amide bonds. The summed E-state index contributed by atoms with van der Waals surface area (Å²) in [6.07, 6.45) is 6.90. The number of H-pyrrole nitrogens is 1. The van der Waals surface area contributed by atoms with E-state index in [4.69, 9.17) is 0 Å². The largest absolute Gasteiger partial charge is 0.368 e. The number of thiazole rings is 1. The van der Waals surface area contributed by atoms with Gasteiger partial charge >= 0.3 is 0 Å². The van der Waals surface area contributed by atoms with Crippen molar-refractivity contribution in [3.8, 4) is 0 Å². The van der Waals surface area contributed by atoms with Crippen molar-refractivity contribution in [3.05, 3.63) is 41.6 Å². The summed E-state index contributed by atoms with van der Waals surface area (Å²) >= 11 is 1.60. The Morgan fingerprint density at radius 1 is 1.24 bits per heavy atom. The van der Waals surface area contributed by atoms with Gasteiger partial charge in [-0.25, -0.2) is 0 Å². The third kappa shape index (κ3) is 15.2. The SMILES string of the molecule is CCC(=O)CC.[Zn].c1cc[nH]c1.c1cscn1. The summed E-state index contributed by atoms with van der Waals surface area (Å²) in [7, 11) is 0. The third-order valence-corrected chi connectivity index (χ3v) is 2.15. The number of aromatic nitrogens is 2. The summed E-state index contributed by atoms with van der Waals surface area (Å²) in [5.41, 5.74) is 1.79. The molecule has 0 saturated carbocycles. The number of hydrogen-bond acceptors (Lipinski definition) is 3. The van der Waals surface area contributed by atoms with E-state index < -0.39 is 0 Å². The van der Waals surface area contributed by atoms with Crippen LogP contribution in [0.15, 0.2) is 41.6 Å². The van der Waals surface area contributed by atoms with Gasteiger partial charge in [0.1, 0.15) is 5.78 Å². The second kappa shape index (κ2) is 15.2. The summed E-state index contributed by atoms with van der Waals surface area (Å²) in [6, 6.07) is 3.89. The molecule has 90 valence electrons. The van der Waals surface area contributed by atoms with E-state index in [0.29, 0.717) is 18.6 Å². The molecule has 2 rings (SSSR count). The molecule has 0 atom stereocenters. The van der Waals surface area contributed by atoms with E-state index in [0.717, 1.165) is 0 Å². The second-order valence-electron chi connectivity index (χ2n) is 2.81. The van der Waals surface area contributed by atoms with Gasteiger partial charge in [0.25, 0.3) is 0 Å². The van der Waals surface area contributed by atoms with Crippen molar-refractivity contribution in [3.63, 3.8) is 0 Å². The Labute approximate surface area is 119 Å². The maximum Gasteiger partial charge on any atom is 0.132 e. The van der Waals surface area contributed by atoms with Gasteiger partial charge in [-0.05, 0) is 12.1 Å². The van der Waals surface area contributed by atoms with Crippen molar-refractivity contribution < 1.29 is 24.3 Å². The fraction of sp³-hybridized carbons (Fsp3) is 0.333. The molecular formula is C12H18N2OSZn. The van der Waals surface area contributed by atoms with Crippen LogP contribution in [0.2, 0.25) is 0 Å². The normalized spacial score (nSPS) is 7.65. The first-order valence-corrected chi connectivity index (χ1v) is 6.17. The number of rotatable bonds is 2. The molecule has 0 aliphatic heterocycles. The summed E-state index contributed by atoms with van der Waals surface area (Å²) < 4.78 is 0. The minimum atomic E-state index is 0. The molecule has 5 heteroatoms. The topological polar surface area (TPSA) is 45.8 Å². The van der Waals surface area contributed by atoms with E-state index in [9.17, 15) is 4.79 Å². The maximum atomic E-state index is 10.2. The van der Waals surface area contributed by atoms with Gasteiger partial charge in [0.05, 0.1) is 5.51 Å². The fourth-order valence-electron chi connectivity index (χ4n) is 0.703. The van der Waals surface area contributed by atoms with Crippen LogP contribution in [-0.2, 0) is 24.3 Å². The van der Waals surface area contributed by atoms with E-state index in [2.05, 4.69) is 9.97 Å². The Balaban J connectivity index is 0. The van der Waals surface area contributed by atoms with Crippen LogP contribution in [0.4, 0.5) is 0 Å². The average molecular weight is 304 g/mol. The summed E-state index contributed by atoms with van der Waals surface area (Å²) in [5, 5.41) is 1.93. The molecule has 0 aromatic carbocycles. The molecule has 0 aliphatic carbocycles. The Morgan fingerprint density at radius 3 is 1.94 bits per heavy atom. The standard InChI is InChI=1S/C5H10O.C4H5N.C3H3NS.Zn/c1-3-5(6)4-2;1-2-4-5-3-1;1-2-5-3-4-1;/h3-4H2,1-2H3;1-5H;1-3H;. The number of nitrogens with zero attached hydrogens (tertiary/aromatic N) is 1. The quantitative estimate of drug-likeness (QED) is 0.863. The number of Topliss-reactive ketones (excluding diaryl/α,β-unsaturated/α-hetero) is 1. The molecule has 2 aromatic rings. The van der Waals surface area contributed by atoms with Gasteiger partial charge < -0.3 is 4.98 Å². The number of hydrogen-bond donors (Lipinski definition) is 1. The van der Waals surface area contributed by atoms with Crippen molar-refractivity contribution in [1.29, 1.82) is 0 Å². The Kier molecular flexibility index (Phi) is 16.6. The van der Waals surface area contributed by atoms with Gasteiger partial charge in [-0.2, -0.15) is 0 Å². The van der Waals surface area contributed by atoms with Gasteiger partial charge in [0.15, 0.2) is 0 Å². The molecule has 17 heavy (non-hydrogen) atoms. The van der Waals surface area contributed by atoms with E-state index in [1.165, 1.54) is 0 Å². The van der Waals surface area contributed by atoms with Crippen LogP contribution in [0.1, 0.15) is 26.7 Å². The summed E-state index contributed by atoms with van der Waals surface area (Å²) in [5.74, 6) is 0.343. The minimum Gasteiger partial charge on any atom is -0.368 e. The predicted octanol–water partition coefficient (Wildman–Crippen LogP) is 3.53. The average Bonchev–Trinajstić information content (AvgIpc) is 3.03. The number of aromatic amines is 1. The van der Waals surface area contributed by atoms with E-state index >= 15 is 0 Å². The van der Waals surface area contributed by atoms with Crippen molar-refractivity contribution in [2.24, 2.45) is 0 Å². The van der Waals surface area contributed by atoms with Crippen LogP contribution in [0.25, 0.3) is 0 Å². The first kappa shape index (κ1) is 18.6. The van der Waals surface area contributed by atoms with Crippen LogP contribution in [0.3, 0.4) is 0 Å². The molecule has 1 N–H and O–H groups in total. The predicted molar refractivity (Wildman–Crippen MR) is 68.5 cm³/mol. The molecule has 2 heterocycles. The minimum absolute atomic E-state index is 0. The van der Waals surface area contributed by atoms with E-state index in [-0.39, 0.29) is 19.5 Å². The smallest absolute Gasteiger partial charge is 0.132 e. The molecule has 0 fully saturated rings. The number of ketones is 1. The molecule has 0 spiro atoms. The van der Waals surface area contributed by atoms with Crippen molar-refractivity contribution >= 4 is 17.1 Å². The Morgan fingerprint density at radius 2 is 1.82 bits per heavy atom. The third-order valence-electron chi connectivity index (χ3n) is 1.63. The number of carbonyl (C=O) groups excluding carboxylic acids is 1. The second-order valence-corrected chi connectivity index (χ2v) is 3.56. The van der Waals surface area contributed by atoms with Crippen LogP contribution >= 0.6 is 11.3 Å². The molecule has 3 nitrogen and oxygen atoms in total. The Bertz CT molecular complexity index is 255. The zero-order valence-corrected chi connectivity index (χ0v) is 14.2. The van der Waals surface area contributed by atoms with E-state index in [1.807, 2.05) is 43.8 Å². The Hall–Kier alpha value is -0.797. The van der Waals surface area contributed by atoms with Crippen LogP contribution in [0.5, 0.6) is 0 Å². The zero-order valence-electron chi connectivity index (χ0n) is 10.4. The molecule has 0 radical (unpaired) electrons. The zero-order chi connectivity index (χ0) is 12.1. The van der Waals surface area contributed by atoms with Gasteiger partial charge in [-0.1, -0.05) is 13.8 Å². The van der Waals surface area contributed by atoms with Crippen LogP contribution in [0, 0.1) is 0 Å². The fourth-order valence-corrected chi connectivity index (χ4v) is 1.05. The maximum absolute atomic E-state index is 10.2. The van der Waals surface area contributed by atoms with Crippen LogP contribution < -0.4 is 0 Å². The van der Waals surface area contributed by atoms with E-state index in [1.54, 1.807) is 23.0 Å². The first-order chi connectivity index (χ1) is 7.81.